The Morgan fingerprint density at radius 1 is 0.475 bits per heavy atom. The van der Waals surface area contributed by atoms with Gasteiger partial charge in [-0.1, -0.05) is 193 Å². The van der Waals surface area contributed by atoms with Crippen LogP contribution in [0.1, 0.15) is 243 Å². The Bertz CT molecular complexity index is 1240. The number of benzene rings is 2. The maximum absolute atomic E-state index is 12.6. The number of rotatable bonds is 38. The second-order valence-electron chi connectivity index (χ2n) is 18.5. The number of aromatic hydroxyl groups is 2. The predicted octanol–water partition coefficient (Wildman–Crippen LogP) is 15.8. The fourth-order valence-corrected chi connectivity index (χ4v) is 8.33. The second-order valence-corrected chi connectivity index (χ2v) is 18.5. The molecule has 0 saturated heterocycles. The van der Waals surface area contributed by atoms with Crippen LogP contribution in [0.15, 0.2) is 48.5 Å². The smallest absolute Gasteiger partial charge is 0.305 e. The van der Waals surface area contributed by atoms with Gasteiger partial charge in [-0.3, -0.25) is 9.59 Å². The quantitative estimate of drug-likeness (QED) is 0.0518. The SMILES string of the molecule is CCCCCCCCCCCC(CCCCCC(=O)OCC(C)(C)COC(=O)CCCCCC(CCCCCCCCCCC)c1cccc(O)c1)c1cccc(O)c1. The molecule has 0 heterocycles. The van der Waals surface area contributed by atoms with Crippen molar-refractivity contribution >= 4 is 11.9 Å². The number of unbranched alkanes of at least 4 members (excludes halogenated alkanes) is 20. The van der Waals surface area contributed by atoms with Crippen LogP contribution in [0, 0.1) is 5.41 Å². The molecule has 2 atom stereocenters. The van der Waals surface area contributed by atoms with E-state index in [-0.39, 0.29) is 25.2 Å². The molecule has 0 saturated carbocycles. The Hall–Kier alpha value is -3.02. The van der Waals surface area contributed by atoms with Crippen LogP contribution < -0.4 is 0 Å². The van der Waals surface area contributed by atoms with Crippen molar-refractivity contribution in [3.05, 3.63) is 59.7 Å². The number of phenolic OH excluding ortho intramolecular Hbond substituents is 2. The van der Waals surface area contributed by atoms with Gasteiger partial charge in [0.2, 0.25) is 0 Å². The Labute approximate surface area is 362 Å². The minimum Gasteiger partial charge on any atom is -0.508 e. The molecule has 0 fully saturated rings. The van der Waals surface area contributed by atoms with E-state index in [1.54, 1.807) is 12.1 Å². The van der Waals surface area contributed by atoms with E-state index in [0.717, 1.165) is 64.2 Å². The highest BCUT2D eigenvalue weighted by Crippen LogP contribution is 2.32. The van der Waals surface area contributed by atoms with E-state index >= 15 is 0 Å². The number of phenols is 2. The Morgan fingerprint density at radius 3 is 1.10 bits per heavy atom. The summed E-state index contributed by atoms with van der Waals surface area (Å²) in [7, 11) is 0. The molecule has 2 aromatic carbocycles. The zero-order valence-electron chi connectivity index (χ0n) is 38.4. The molecule has 6 nitrogen and oxygen atoms in total. The molecule has 0 radical (unpaired) electrons. The topological polar surface area (TPSA) is 93.1 Å². The standard InChI is InChI=1S/C53H88O6/c1-5-7-9-11-13-15-17-19-23-31-45(47-35-29-37-49(54)41-47)33-25-21-27-39-51(56)58-43-53(3,4)44-59-52(57)40-28-22-26-34-46(48-36-30-38-50(55)42-48)32-24-20-18-16-14-12-10-8-6-2/h29-30,35-38,41-42,45-46,54-55H,5-28,31-34,39-40,43-44H2,1-4H3. The molecule has 0 bridgehead atoms. The fraction of sp³-hybridized carbons (Fsp3) is 0.736. The minimum absolute atomic E-state index is 0.189. The van der Waals surface area contributed by atoms with Gasteiger partial charge in [-0.2, -0.15) is 0 Å². The molecule has 2 unspecified atom stereocenters. The number of esters is 2. The van der Waals surface area contributed by atoms with Gasteiger partial charge >= 0.3 is 11.9 Å². The van der Waals surface area contributed by atoms with Crippen LogP contribution in [-0.2, 0) is 19.1 Å². The molecule has 0 spiro atoms. The molecule has 0 aromatic heterocycles. The summed E-state index contributed by atoms with van der Waals surface area (Å²) in [6, 6.07) is 15.5. The van der Waals surface area contributed by atoms with E-state index in [1.165, 1.54) is 127 Å². The molecular formula is C53H88O6. The average molecular weight is 821 g/mol. The van der Waals surface area contributed by atoms with Crippen molar-refractivity contribution in [1.82, 2.24) is 0 Å². The third kappa shape index (κ3) is 27.4. The summed E-state index contributed by atoms with van der Waals surface area (Å²) in [6.45, 7) is 8.93. The Kier molecular flexibility index (Phi) is 29.7. The third-order valence-corrected chi connectivity index (χ3v) is 12.1. The van der Waals surface area contributed by atoms with E-state index in [9.17, 15) is 19.8 Å². The van der Waals surface area contributed by atoms with Gasteiger partial charge in [-0.15, -0.1) is 0 Å². The first-order chi connectivity index (χ1) is 28.6. The molecule has 336 valence electrons. The lowest BCUT2D eigenvalue weighted by Gasteiger charge is -2.23. The maximum atomic E-state index is 12.6. The molecule has 0 amide bonds. The largest absolute Gasteiger partial charge is 0.508 e. The maximum Gasteiger partial charge on any atom is 0.305 e. The summed E-state index contributed by atoms with van der Waals surface area (Å²) >= 11 is 0. The molecule has 0 aliphatic rings. The van der Waals surface area contributed by atoms with Crippen molar-refractivity contribution in [3.63, 3.8) is 0 Å². The van der Waals surface area contributed by atoms with E-state index in [4.69, 9.17) is 9.47 Å². The molecule has 59 heavy (non-hydrogen) atoms. The zero-order chi connectivity index (χ0) is 42.8. The van der Waals surface area contributed by atoms with Crippen molar-refractivity contribution in [2.45, 2.75) is 232 Å². The minimum atomic E-state index is -0.446. The van der Waals surface area contributed by atoms with Crippen LogP contribution in [0.4, 0.5) is 0 Å². The first-order valence-corrected chi connectivity index (χ1v) is 24.5. The number of hydrogen-bond donors (Lipinski definition) is 2. The molecular weight excluding hydrogens is 733 g/mol. The number of carbonyl (C=O) groups excluding carboxylic acids is 2. The van der Waals surface area contributed by atoms with E-state index < -0.39 is 5.41 Å². The highest BCUT2D eigenvalue weighted by atomic mass is 16.5. The van der Waals surface area contributed by atoms with Crippen molar-refractivity contribution in [2.75, 3.05) is 13.2 Å². The van der Waals surface area contributed by atoms with Crippen molar-refractivity contribution < 1.29 is 29.3 Å². The lowest BCUT2D eigenvalue weighted by Crippen LogP contribution is -2.28. The van der Waals surface area contributed by atoms with Gasteiger partial charge in [0, 0.05) is 18.3 Å². The fourth-order valence-electron chi connectivity index (χ4n) is 8.33. The monoisotopic (exact) mass is 821 g/mol. The number of ether oxygens (including phenoxy) is 2. The van der Waals surface area contributed by atoms with Crippen LogP contribution in [-0.4, -0.2) is 35.4 Å². The molecule has 0 aliphatic heterocycles. The molecule has 6 heteroatoms. The van der Waals surface area contributed by atoms with Gasteiger partial charge in [-0.05, 0) is 85.8 Å². The van der Waals surface area contributed by atoms with Gasteiger partial charge in [-0.25, -0.2) is 0 Å². The van der Waals surface area contributed by atoms with Gasteiger partial charge in [0.25, 0.3) is 0 Å². The normalized spacial score (nSPS) is 12.7. The van der Waals surface area contributed by atoms with Gasteiger partial charge < -0.3 is 19.7 Å². The van der Waals surface area contributed by atoms with Crippen LogP contribution >= 0.6 is 0 Å². The van der Waals surface area contributed by atoms with E-state index in [2.05, 4.69) is 26.0 Å². The van der Waals surface area contributed by atoms with Crippen LogP contribution in [0.5, 0.6) is 11.5 Å². The summed E-state index contributed by atoms with van der Waals surface area (Å²) < 4.78 is 11.3. The Morgan fingerprint density at radius 2 is 0.780 bits per heavy atom. The summed E-state index contributed by atoms with van der Waals surface area (Å²) in [5, 5.41) is 20.2. The number of carbonyl (C=O) groups is 2. The average Bonchev–Trinajstić information content (AvgIpc) is 3.22. The highest BCUT2D eigenvalue weighted by Gasteiger charge is 2.23. The predicted molar refractivity (Wildman–Crippen MR) is 247 cm³/mol. The van der Waals surface area contributed by atoms with Gasteiger partial charge in [0.15, 0.2) is 0 Å². The lowest BCUT2D eigenvalue weighted by atomic mass is 9.88. The summed E-state index contributed by atoms with van der Waals surface area (Å²) in [4.78, 5) is 25.2. The van der Waals surface area contributed by atoms with Gasteiger partial charge in [0.05, 0.1) is 13.2 Å². The molecule has 2 N–H and O–H groups in total. The summed E-state index contributed by atoms with van der Waals surface area (Å²) in [5.41, 5.74) is 2.00. The summed E-state index contributed by atoms with van der Waals surface area (Å²) in [5.74, 6) is 1.16. The van der Waals surface area contributed by atoms with E-state index in [0.29, 0.717) is 36.2 Å². The van der Waals surface area contributed by atoms with Crippen LogP contribution in [0.3, 0.4) is 0 Å². The highest BCUT2D eigenvalue weighted by molar-refractivity contribution is 5.69. The molecule has 2 rings (SSSR count). The second kappa shape index (κ2) is 33.7. The summed E-state index contributed by atoms with van der Waals surface area (Å²) in [6.07, 6.45) is 34.6. The van der Waals surface area contributed by atoms with Crippen molar-refractivity contribution in [2.24, 2.45) is 5.41 Å². The van der Waals surface area contributed by atoms with Crippen molar-refractivity contribution in [1.29, 1.82) is 0 Å². The number of hydrogen-bond acceptors (Lipinski definition) is 6. The molecule has 0 aliphatic carbocycles. The first-order valence-electron chi connectivity index (χ1n) is 24.5. The third-order valence-electron chi connectivity index (χ3n) is 12.1. The van der Waals surface area contributed by atoms with Crippen LogP contribution in [0.25, 0.3) is 0 Å². The van der Waals surface area contributed by atoms with Gasteiger partial charge in [0.1, 0.15) is 11.5 Å². The zero-order valence-corrected chi connectivity index (χ0v) is 38.4. The lowest BCUT2D eigenvalue weighted by molar-refractivity contribution is -0.152. The van der Waals surface area contributed by atoms with Crippen LogP contribution in [0.2, 0.25) is 0 Å². The van der Waals surface area contributed by atoms with E-state index in [1.807, 2.05) is 38.1 Å². The molecule has 2 aromatic rings. The first kappa shape index (κ1) is 52.1. The van der Waals surface area contributed by atoms with Crippen molar-refractivity contribution in [3.8, 4) is 11.5 Å². The Balaban J connectivity index is 1.60.